The van der Waals surface area contributed by atoms with Crippen molar-refractivity contribution in [2.45, 2.75) is 12.1 Å². The molecular weight excluding hydrogens is 209 g/mol. The Labute approximate surface area is 84.7 Å². The van der Waals surface area contributed by atoms with E-state index >= 15 is 0 Å². The Hall–Kier alpha value is -1.52. The summed E-state index contributed by atoms with van der Waals surface area (Å²) in [5.74, 6) is -2.23. The van der Waals surface area contributed by atoms with Gasteiger partial charge in [0.15, 0.2) is 0 Å². The zero-order valence-corrected chi connectivity index (χ0v) is 7.84. The molecule has 15 heavy (non-hydrogen) atoms. The molecule has 0 aliphatic rings. The minimum absolute atomic E-state index is 0.0307. The molecule has 0 amide bonds. The molecule has 81 valence electrons. The van der Waals surface area contributed by atoms with Gasteiger partial charge in [-0.2, -0.15) is 13.2 Å². The summed E-state index contributed by atoms with van der Waals surface area (Å²) >= 11 is 0. The molecule has 0 aliphatic heterocycles. The van der Waals surface area contributed by atoms with E-state index < -0.39 is 12.1 Å². The summed E-state index contributed by atoms with van der Waals surface area (Å²) in [4.78, 5) is 10.3. The number of para-hydroxylation sites is 1. The van der Waals surface area contributed by atoms with E-state index in [1.165, 1.54) is 31.4 Å². The van der Waals surface area contributed by atoms with Crippen molar-refractivity contribution in [3.05, 3.63) is 29.8 Å². The summed E-state index contributed by atoms with van der Waals surface area (Å²) in [5, 5.41) is 0. The van der Waals surface area contributed by atoms with Gasteiger partial charge in [0.05, 0.1) is 7.11 Å². The average molecular weight is 217 g/mol. The quantitative estimate of drug-likeness (QED) is 0.777. The number of benzene rings is 1. The molecule has 0 saturated carbocycles. The van der Waals surface area contributed by atoms with Crippen LogP contribution in [0.3, 0.4) is 0 Å². The first-order chi connectivity index (χ1) is 7.00. The van der Waals surface area contributed by atoms with E-state index in [1.807, 2.05) is 0 Å². The summed E-state index contributed by atoms with van der Waals surface area (Å²) in [6.07, 6.45) is -3.66. The Bertz CT molecular complexity index is 347. The summed E-state index contributed by atoms with van der Waals surface area (Å²) < 4.78 is 42.0. The molecule has 1 radical (unpaired) electrons. The number of alkyl halides is 3. The summed E-state index contributed by atoms with van der Waals surface area (Å²) in [7, 11) is 1.25. The summed E-state index contributed by atoms with van der Waals surface area (Å²) in [6.45, 7) is 0. The Balaban J connectivity index is 3.18. The zero-order chi connectivity index (χ0) is 11.5. The van der Waals surface area contributed by atoms with Crippen LogP contribution in [0.25, 0.3) is 0 Å². The van der Waals surface area contributed by atoms with Gasteiger partial charge in [-0.15, -0.1) is 0 Å². The van der Waals surface area contributed by atoms with Crippen LogP contribution < -0.4 is 4.74 Å². The Morgan fingerprint density at radius 1 is 1.33 bits per heavy atom. The van der Waals surface area contributed by atoms with Crippen LogP contribution in [0, 0.1) is 0 Å². The molecule has 1 aromatic carbocycles. The van der Waals surface area contributed by atoms with Crippen LogP contribution in [0.2, 0.25) is 0 Å². The van der Waals surface area contributed by atoms with E-state index in [4.69, 9.17) is 4.74 Å². The second kappa shape index (κ2) is 4.33. The van der Waals surface area contributed by atoms with Crippen LogP contribution in [0.15, 0.2) is 24.3 Å². The number of carbonyl (C=O) groups excluding carboxylic acids is 1. The SMILES string of the molecule is COc1ccccc1C([C]=O)C(F)(F)F. The number of rotatable bonds is 3. The third kappa shape index (κ3) is 2.49. The minimum Gasteiger partial charge on any atom is -0.496 e. The first kappa shape index (κ1) is 11.6. The van der Waals surface area contributed by atoms with E-state index in [0.717, 1.165) is 6.29 Å². The van der Waals surface area contributed by atoms with Gasteiger partial charge in [-0.25, -0.2) is 0 Å². The minimum atomic E-state index is -4.64. The van der Waals surface area contributed by atoms with Crippen LogP contribution in [-0.4, -0.2) is 19.6 Å². The number of methoxy groups -OCH3 is 1. The van der Waals surface area contributed by atoms with Gasteiger partial charge in [-0.1, -0.05) is 18.2 Å². The molecule has 0 aliphatic carbocycles. The molecule has 0 saturated heterocycles. The fourth-order valence-electron chi connectivity index (χ4n) is 1.21. The van der Waals surface area contributed by atoms with E-state index in [1.54, 1.807) is 0 Å². The summed E-state index contributed by atoms with van der Waals surface area (Å²) in [6, 6.07) is 5.50. The number of ether oxygens (including phenoxy) is 1. The largest absolute Gasteiger partial charge is 0.496 e. The van der Waals surface area contributed by atoms with Crippen LogP contribution in [0.4, 0.5) is 13.2 Å². The van der Waals surface area contributed by atoms with Gasteiger partial charge in [0, 0.05) is 5.56 Å². The molecule has 0 spiro atoms. The maximum atomic E-state index is 12.4. The lowest BCUT2D eigenvalue weighted by atomic mass is 9.99. The maximum absolute atomic E-state index is 12.4. The van der Waals surface area contributed by atoms with Crippen molar-refractivity contribution in [2.24, 2.45) is 0 Å². The van der Waals surface area contributed by atoms with E-state index in [0.29, 0.717) is 0 Å². The molecule has 0 bridgehead atoms. The first-order valence-corrected chi connectivity index (χ1v) is 4.08. The topological polar surface area (TPSA) is 26.3 Å². The maximum Gasteiger partial charge on any atom is 0.403 e. The number of hydrogen-bond donors (Lipinski definition) is 0. The highest BCUT2D eigenvalue weighted by Gasteiger charge is 2.42. The second-order valence-corrected chi connectivity index (χ2v) is 2.83. The first-order valence-electron chi connectivity index (χ1n) is 4.08. The molecule has 5 heteroatoms. The van der Waals surface area contributed by atoms with E-state index in [9.17, 15) is 18.0 Å². The van der Waals surface area contributed by atoms with Crippen LogP contribution in [0.1, 0.15) is 11.5 Å². The van der Waals surface area contributed by atoms with Crippen LogP contribution >= 0.6 is 0 Å². The van der Waals surface area contributed by atoms with Crippen molar-refractivity contribution < 1.29 is 22.7 Å². The molecule has 1 atom stereocenters. The third-order valence-electron chi connectivity index (χ3n) is 1.90. The zero-order valence-electron chi connectivity index (χ0n) is 7.84. The monoisotopic (exact) mass is 217 g/mol. The van der Waals surface area contributed by atoms with E-state index in [-0.39, 0.29) is 11.3 Å². The molecule has 1 rings (SSSR count). The molecule has 2 nitrogen and oxygen atoms in total. The fourth-order valence-corrected chi connectivity index (χ4v) is 1.21. The van der Waals surface area contributed by atoms with Gasteiger partial charge >= 0.3 is 6.18 Å². The lowest BCUT2D eigenvalue weighted by molar-refractivity contribution is -0.135. The lowest BCUT2D eigenvalue weighted by Gasteiger charge is -2.16. The van der Waals surface area contributed by atoms with Crippen LogP contribution in [-0.2, 0) is 4.79 Å². The average Bonchev–Trinajstić information content (AvgIpc) is 2.17. The van der Waals surface area contributed by atoms with Gasteiger partial charge in [0.1, 0.15) is 11.7 Å². The summed E-state index contributed by atoms with van der Waals surface area (Å²) in [5.41, 5.74) is -0.220. The Morgan fingerprint density at radius 3 is 2.40 bits per heavy atom. The lowest BCUT2D eigenvalue weighted by Crippen LogP contribution is -2.22. The number of hydrogen-bond acceptors (Lipinski definition) is 2. The smallest absolute Gasteiger partial charge is 0.403 e. The predicted molar refractivity (Wildman–Crippen MR) is 47.5 cm³/mol. The van der Waals surface area contributed by atoms with Crippen LogP contribution in [0.5, 0.6) is 5.75 Å². The molecule has 0 fully saturated rings. The van der Waals surface area contributed by atoms with Gasteiger partial charge < -0.3 is 4.74 Å². The van der Waals surface area contributed by atoms with Crippen molar-refractivity contribution in [1.82, 2.24) is 0 Å². The standard InChI is InChI=1S/C10H8F3O2/c1-15-9-5-3-2-4-7(9)8(6-14)10(11,12)13/h2-5,8H,1H3. The molecule has 1 aromatic rings. The van der Waals surface area contributed by atoms with Gasteiger partial charge in [0.2, 0.25) is 6.29 Å². The third-order valence-corrected chi connectivity index (χ3v) is 1.90. The van der Waals surface area contributed by atoms with Crippen molar-refractivity contribution in [3.63, 3.8) is 0 Å². The van der Waals surface area contributed by atoms with E-state index in [2.05, 4.69) is 0 Å². The fraction of sp³-hybridized carbons (Fsp3) is 0.300. The van der Waals surface area contributed by atoms with Gasteiger partial charge in [-0.3, -0.25) is 4.79 Å². The highest BCUT2D eigenvalue weighted by molar-refractivity contribution is 5.66. The molecule has 1 unspecified atom stereocenters. The molecule has 0 aromatic heterocycles. The molecular formula is C10H8F3O2. The number of halogens is 3. The molecule has 0 N–H and O–H groups in total. The van der Waals surface area contributed by atoms with Crippen molar-refractivity contribution in [3.8, 4) is 5.75 Å². The normalized spacial score (nSPS) is 13.3. The van der Waals surface area contributed by atoms with Crippen molar-refractivity contribution >= 4 is 6.29 Å². The Morgan fingerprint density at radius 2 is 1.93 bits per heavy atom. The van der Waals surface area contributed by atoms with Gasteiger partial charge in [-0.05, 0) is 6.07 Å². The highest BCUT2D eigenvalue weighted by atomic mass is 19.4. The Kier molecular flexibility index (Phi) is 3.34. The van der Waals surface area contributed by atoms with Crippen molar-refractivity contribution in [2.75, 3.05) is 7.11 Å². The predicted octanol–water partition coefficient (Wildman–Crippen LogP) is 2.45. The highest BCUT2D eigenvalue weighted by Crippen LogP contribution is 2.37. The molecule has 0 heterocycles. The van der Waals surface area contributed by atoms with Crippen molar-refractivity contribution in [1.29, 1.82) is 0 Å². The second-order valence-electron chi connectivity index (χ2n) is 2.83. The van der Waals surface area contributed by atoms with Gasteiger partial charge in [0.25, 0.3) is 0 Å².